The first-order valence-electron chi connectivity index (χ1n) is 9.63. The maximum Gasteiger partial charge on any atom is 0.137 e. The number of halogens is 1. The minimum atomic E-state index is 0.606. The van der Waals surface area contributed by atoms with Crippen LogP contribution < -0.4 is 10.1 Å². The maximum absolute atomic E-state index is 6.19. The van der Waals surface area contributed by atoms with Crippen LogP contribution in [-0.4, -0.2) is 6.61 Å². The normalized spacial score (nSPS) is 11.8. The van der Waals surface area contributed by atoms with Crippen molar-refractivity contribution in [3.8, 4) is 17.1 Å². The van der Waals surface area contributed by atoms with Gasteiger partial charge in [-0.25, -0.2) is 4.99 Å². The van der Waals surface area contributed by atoms with Crippen molar-refractivity contribution in [1.29, 1.82) is 0 Å². The Balaban J connectivity index is 2.00. The molecule has 1 aromatic heterocycles. The zero-order valence-corrected chi connectivity index (χ0v) is 17.5. The minimum absolute atomic E-state index is 0.606. The summed E-state index contributed by atoms with van der Waals surface area (Å²) in [5, 5.41) is 2.44. The third kappa shape index (κ3) is 4.06. The second-order valence-electron chi connectivity index (χ2n) is 6.92. The van der Waals surface area contributed by atoms with Gasteiger partial charge in [0, 0.05) is 22.0 Å². The average Bonchev–Trinajstić information content (AvgIpc) is 2.72. The van der Waals surface area contributed by atoms with Crippen LogP contribution in [0.1, 0.15) is 18.1 Å². The summed E-state index contributed by atoms with van der Waals surface area (Å²) < 4.78 is 11.9. The molecule has 0 N–H and O–H groups in total. The van der Waals surface area contributed by atoms with E-state index in [2.05, 4.69) is 19.9 Å². The minimum Gasteiger partial charge on any atom is -0.494 e. The Labute approximate surface area is 175 Å². The molecule has 0 aliphatic heterocycles. The molecule has 4 aromatic rings. The number of rotatable bonds is 4. The van der Waals surface area contributed by atoms with E-state index in [0.717, 1.165) is 44.7 Å². The largest absolute Gasteiger partial charge is 0.494 e. The molecule has 0 radical (unpaired) electrons. The predicted molar refractivity (Wildman–Crippen MR) is 119 cm³/mol. The number of benzene rings is 3. The Hall–Kier alpha value is -3.04. The standard InChI is InChI=1S/C25H22ClNO2/c1-4-28-20-12-13-24-21(14-20)23(27-22-7-5-6-16(2)17(22)3)15-25(29-24)18-8-10-19(26)11-9-18/h5-15H,4H2,1-3H3. The fourth-order valence-corrected chi connectivity index (χ4v) is 3.37. The lowest BCUT2D eigenvalue weighted by Gasteiger charge is -2.09. The Morgan fingerprint density at radius 1 is 0.966 bits per heavy atom. The molecule has 29 heavy (non-hydrogen) atoms. The van der Waals surface area contributed by atoms with Gasteiger partial charge in [0.05, 0.1) is 17.7 Å². The van der Waals surface area contributed by atoms with Crippen LogP contribution in [0, 0.1) is 13.8 Å². The molecule has 0 saturated carbocycles. The van der Waals surface area contributed by atoms with Crippen LogP contribution in [0.4, 0.5) is 5.69 Å². The average molecular weight is 404 g/mol. The van der Waals surface area contributed by atoms with Crippen LogP contribution in [0.5, 0.6) is 5.75 Å². The van der Waals surface area contributed by atoms with E-state index >= 15 is 0 Å². The van der Waals surface area contributed by atoms with E-state index < -0.39 is 0 Å². The first-order chi connectivity index (χ1) is 14.0. The van der Waals surface area contributed by atoms with Gasteiger partial charge in [-0.3, -0.25) is 0 Å². The molecule has 0 aliphatic carbocycles. The lowest BCUT2D eigenvalue weighted by Crippen LogP contribution is -2.04. The van der Waals surface area contributed by atoms with Crippen LogP contribution in [-0.2, 0) is 0 Å². The summed E-state index contributed by atoms with van der Waals surface area (Å²) in [5.74, 6) is 1.54. The summed E-state index contributed by atoms with van der Waals surface area (Å²) in [6.45, 7) is 6.77. The second kappa shape index (κ2) is 8.14. The van der Waals surface area contributed by atoms with E-state index in [1.54, 1.807) is 0 Å². The van der Waals surface area contributed by atoms with E-state index in [-0.39, 0.29) is 0 Å². The number of aryl methyl sites for hydroxylation is 1. The quantitative estimate of drug-likeness (QED) is 0.367. The Bertz CT molecular complexity index is 1240. The first kappa shape index (κ1) is 19.3. The summed E-state index contributed by atoms with van der Waals surface area (Å²) in [5.41, 5.74) is 5.02. The molecular weight excluding hydrogens is 382 g/mol. The second-order valence-corrected chi connectivity index (χ2v) is 7.36. The van der Waals surface area contributed by atoms with Gasteiger partial charge in [0.1, 0.15) is 17.1 Å². The molecule has 4 heteroatoms. The summed E-state index contributed by atoms with van der Waals surface area (Å²) in [6, 6.07) is 21.6. The molecule has 0 atom stereocenters. The molecule has 0 aliphatic rings. The van der Waals surface area contributed by atoms with Gasteiger partial charge in [0.15, 0.2) is 0 Å². The third-order valence-corrected chi connectivity index (χ3v) is 5.22. The maximum atomic E-state index is 6.19. The van der Waals surface area contributed by atoms with Crippen molar-refractivity contribution in [3.05, 3.63) is 88.2 Å². The molecule has 4 rings (SSSR count). The van der Waals surface area contributed by atoms with Gasteiger partial charge >= 0.3 is 0 Å². The van der Waals surface area contributed by atoms with Gasteiger partial charge in [-0.15, -0.1) is 0 Å². The van der Waals surface area contributed by atoms with Gasteiger partial charge in [-0.1, -0.05) is 23.7 Å². The lowest BCUT2D eigenvalue weighted by molar-refractivity contribution is 0.340. The first-order valence-corrected chi connectivity index (χ1v) is 10.0. The van der Waals surface area contributed by atoms with Crippen molar-refractivity contribution in [2.24, 2.45) is 4.99 Å². The van der Waals surface area contributed by atoms with Gasteiger partial charge < -0.3 is 9.15 Å². The van der Waals surface area contributed by atoms with Crippen molar-refractivity contribution in [1.82, 2.24) is 0 Å². The molecule has 0 spiro atoms. The van der Waals surface area contributed by atoms with Crippen molar-refractivity contribution in [2.45, 2.75) is 20.8 Å². The van der Waals surface area contributed by atoms with Gasteiger partial charge in [-0.2, -0.15) is 0 Å². The zero-order valence-electron chi connectivity index (χ0n) is 16.7. The topological polar surface area (TPSA) is 34.7 Å². The third-order valence-electron chi connectivity index (χ3n) is 4.97. The van der Waals surface area contributed by atoms with E-state index in [1.165, 1.54) is 5.56 Å². The number of ether oxygens (including phenoxy) is 1. The fourth-order valence-electron chi connectivity index (χ4n) is 3.24. The molecule has 0 fully saturated rings. The monoisotopic (exact) mass is 403 g/mol. The van der Waals surface area contributed by atoms with Crippen LogP contribution >= 0.6 is 11.6 Å². The summed E-state index contributed by atoms with van der Waals surface area (Å²) in [7, 11) is 0. The van der Waals surface area contributed by atoms with Gasteiger partial charge in [0.2, 0.25) is 0 Å². The van der Waals surface area contributed by atoms with Crippen molar-refractivity contribution in [3.63, 3.8) is 0 Å². The highest BCUT2D eigenvalue weighted by Gasteiger charge is 2.09. The van der Waals surface area contributed by atoms with Crippen molar-refractivity contribution >= 4 is 28.3 Å². The number of hydrogen-bond acceptors (Lipinski definition) is 3. The molecule has 3 aromatic carbocycles. The van der Waals surface area contributed by atoms with Crippen LogP contribution in [0.25, 0.3) is 22.3 Å². The lowest BCUT2D eigenvalue weighted by atomic mass is 10.1. The Kier molecular flexibility index (Phi) is 5.41. The number of hydrogen-bond donors (Lipinski definition) is 0. The summed E-state index contributed by atoms with van der Waals surface area (Å²) >= 11 is 6.05. The smallest absolute Gasteiger partial charge is 0.137 e. The molecule has 0 unspecified atom stereocenters. The fraction of sp³-hybridized carbons (Fsp3) is 0.160. The molecule has 0 bridgehead atoms. The Morgan fingerprint density at radius 3 is 2.52 bits per heavy atom. The summed E-state index contributed by atoms with van der Waals surface area (Å²) in [4.78, 5) is 4.99. The number of fused-ring (bicyclic) bond motifs is 1. The molecule has 146 valence electrons. The molecule has 0 amide bonds. The highest BCUT2D eigenvalue weighted by Crippen LogP contribution is 2.27. The number of nitrogens with zero attached hydrogens (tertiary/aromatic N) is 1. The van der Waals surface area contributed by atoms with Gasteiger partial charge in [-0.05, 0) is 80.4 Å². The summed E-state index contributed by atoms with van der Waals surface area (Å²) in [6.07, 6.45) is 0. The van der Waals surface area contributed by atoms with E-state index in [4.69, 9.17) is 25.7 Å². The van der Waals surface area contributed by atoms with E-state index in [0.29, 0.717) is 11.6 Å². The zero-order chi connectivity index (χ0) is 20.4. The van der Waals surface area contributed by atoms with Crippen LogP contribution in [0.3, 0.4) is 0 Å². The molecule has 1 heterocycles. The molecule has 3 nitrogen and oxygen atoms in total. The Morgan fingerprint density at radius 2 is 1.76 bits per heavy atom. The van der Waals surface area contributed by atoms with Crippen molar-refractivity contribution in [2.75, 3.05) is 6.61 Å². The molecular formula is C25H22ClNO2. The van der Waals surface area contributed by atoms with Crippen molar-refractivity contribution < 1.29 is 9.15 Å². The SMILES string of the molecule is CCOc1ccc2oc(-c3ccc(Cl)cc3)cc(=Nc3cccc(C)c3C)c2c1. The van der Waals surface area contributed by atoms with E-state index in [9.17, 15) is 0 Å². The molecule has 0 saturated heterocycles. The van der Waals surface area contributed by atoms with Gasteiger partial charge in [0.25, 0.3) is 0 Å². The predicted octanol–water partition coefficient (Wildman–Crippen LogP) is 7.00. The highest BCUT2D eigenvalue weighted by molar-refractivity contribution is 6.30. The highest BCUT2D eigenvalue weighted by atomic mass is 35.5. The van der Waals surface area contributed by atoms with E-state index in [1.807, 2.05) is 67.6 Å². The van der Waals surface area contributed by atoms with Crippen LogP contribution in [0.2, 0.25) is 5.02 Å². The van der Waals surface area contributed by atoms with Crippen LogP contribution in [0.15, 0.2) is 76.1 Å².